The Hall–Kier alpha value is -1.55. The maximum Gasteiger partial charge on any atom is 0.230 e. The van der Waals surface area contributed by atoms with E-state index in [0.29, 0.717) is 13.1 Å². The minimum absolute atomic E-state index is 0.218. The van der Waals surface area contributed by atoms with Crippen LogP contribution in [0.4, 0.5) is 5.69 Å². The Morgan fingerprint density at radius 1 is 1.47 bits per heavy atom. The molecule has 1 heterocycles. The first-order valence-electron chi connectivity index (χ1n) is 6.83. The molecule has 1 aromatic carbocycles. The summed E-state index contributed by atoms with van der Waals surface area (Å²) in [6.07, 6.45) is 2.04. The van der Waals surface area contributed by atoms with Gasteiger partial charge in [-0.1, -0.05) is 6.07 Å². The summed E-state index contributed by atoms with van der Waals surface area (Å²) in [5.74, 6) is 1.22. The molecule has 0 spiro atoms. The minimum atomic E-state index is -0.356. The topological polar surface area (TPSA) is 55.6 Å². The molecule has 19 heavy (non-hydrogen) atoms. The molecule has 0 atom stereocenters. The highest BCUT2D eigenvalue weighted by molar-refractivity contribution is 5.98. The van der Waals surface area contributed by atoms with Crippen LogP contribution in [0.15, 0.2) is 18.2 Å². The molecule has 2 aliphatic rings. The van der Waals surface area contributed by atoms with Crippen molar-refractivity contribution in [3.63, 3.8) is 0 Å². The third-order valence-corrected chi connectivity index (χ3v) is 3.67. The van der Waals surface area contributed by atoms with Crippen LogP contribution in [-0.2, 0) is 11.3 Å². The van der Waals surface area contributed by atoms with Crippen LogP contribution in [0.25, 0.3) is 0 Å². The molecular formula is C15H20N2O2. The number of nitrogens with zero attached hydrogens (tertiary/aromatic N) is 1. The normalized spacial score (nSPS) is 20.7. The van der Waals surface area contributed by atoms with E-state index in [-0.39, 0.29) is 17.4 Å². The molecule has 4 heteroatoms. The summed E-state index contributed by atoms with van der Waals surface area (Å²) in [5, 5.41) is 0. The number of ether oxygens (including phenoxy) is 1. The van der Waals surface area contributed by atoms with Crippen molar-refractivity contribution in [2.75, 3.05) is 11.4 Å². The molecule has 0 bridgehead atoms. The van der Waals surface area contributed by atoms with Crippen LogP contribution < -0.4 is 15.4 Å². The molecule has 1 aliphatic carbocycles. The van der Waals surface area contributed by atoms with Crippen molar-refractivity contribution in [3.05, 3.63) is 23.8 Å². The minimum Gasteiger partial charge on any atom is -0.484 e. The summed E-state index contributed by atoms with van der Waals surface area (Å²) in [4.78, 5) is 14.3. The van der Waals surface area contributed by atoms with E-state index < -0.39 is 0 Å². The molecule has 4 nitrogen and oxygen atoms in total. The van der Waals surface area contributed by atoms with Gasteiger partial charge < -0.3 is 15.4 Å². The van der Waals surface area contributed by atoms with Gasteiger partial charge in [0, 0.05) is 12.5 Å². The van der Waals surface area contributed by atoms with Crippen molar-refractivity contribution in [2.24, 2.45) is 11.7 Å². The standard InChI is InChI=1S/C15H20N2O2/c1-15(2)9-17(14(18)11-4-5-11)12-6-3-10(8-16)7-13(12)19-15/h3,6-7,11H,4-5,8-9,16H2,1-2H3. The highest BCUT2D eigenvalue weighted by Gasteiger charge is 2.40. The van der Waals surface area contributed by atoms with Gasteiger partial charge in [-0.05, 0) is 44.4 Å². The van der Waals surface area contributed by atoms with Crippen LogP contribution in [0.3, 0.4) is 0 Å². The first-order chi connectivity index (χ1) is 9.00. The monoisotopic (exact) mass is 260 g/mol. The zero-order chi connectivity index (χ0) is 13.6. The van der Waals surface area contributed by atoms with Crippen LogP contribution in [0.5, 0.6) is 5.75 Å². The van der Waals surface area contributed by atoms with E-state index in [1.54, 1.807) is 0 Å². The van der Waals surface area contributed by atoms with Gasteiger partial charge in [0.2, 0.25) is 5.91 Å². The van der Waals surface area contributed by atoms with Crippen molar-refractivity contribution in [3.8, 4) is 5.75 Å². The Balaban J connectivity index is 2.00. The van der Waals surface area contributed by atoms with Crippen molar-refractivity contribution in [1.82, 2.24) is 0 Å². The number of fused-ring (bicyclic) bond motifs is 1. The molecule has 0 unspecified atom stereocenters. The highest BCUT2D eigenvalue weighted by atomic mass is 16.5. The van der Waals surface area contributed by atoms with E-state index in [1.165, 1.54) is 0 Å². The van der Waals surface area contributed by atoms with Crippen LogP contribution in [0.2, 0.25) is 0 Å². The van der Waals surface area contributed by atoms with Gasteiger partial charge in [-0.2, -0.15) is 0 Å². The van der Waals surface area contributed by atoms with Crippen molar-refractivity contribution < 1.29 is 9.53 Å². The van der Waals surface area contributed by atoms with E-state index in [0.717, 1.165) is 29.8 Å². The average molecular weight is 260 g/mol. The summed E-state index contributed by atoms with van der Waals surface area (Å²) in [6, 6.07) is 5.87. The average Bonchev–Trinajstić information content (AvgIpc) is 3.19. The van der Waals surface area contributed by atoms with Crippen LogP contribution in [0.1, 0.15) is 32.3 Å². The second-order valence-electron chi connectivity index (χ2n) is 6.07. The molecule has 2 N–H and O–H groups in total. The maximum absolute atomic E-state index is 12.4. The van der Waals surface area contributed by atoms with Gasteiger partial charge in [0.25, 0.3) is 0 Å². The molecule has 1 amide bonds. The van der Waals surface area contributed by atoms with Crippen LogP contribution in [0, 0.1) is 5.92 Å². The molecular weight excluding hydrogens is 240 g/mol. The van der Waals surface area contributed by atoms with Crippen LogP contribution >= 0.6 is 0 Å². The van der Waals surface area contributed by atoms with Crippen molar-refractivity contribution in [1.29, 1.82) is 0 Å². The van der Waals surface area contributed by atoms with E-state index in [1.807, 2.05) is 36.9 Å². The first-order valence-corrected chi connectivity index (χ1v) is 6.83. The number of carbonyl (C=O) groups is 1. The zero-order valence-electron chi connectivity index (χ0n) is 11.5. The fraction of sp³-hybridized carbons (Fsp3) is 0.533. The third kappa shape index (κ3) is 2.32. The lowest BCUT2D eigenvalue weighted by Gasteiger charge is -2.40. The van der Waals surface area contributed by atoms with Gasteiger partial charge >= 0.3 is 0 Å². The number of nitrogens with two attached hydrogens (primary N) is 1. The fourth-order valence-electron chi connectivity index (χ4n) is 2.53. The van der Waals surface area contributed by atoms with Gasteiger partial charge in [0.05, 0.1) is 12.2 Å². The number of hydrogen-bond donors (Lipinski definition) is 1. The molecule has 1 aromatic rings. The summed E-state index contributed by atoms with van der Waals surface area (Å²) in [5.41, 5.74) is 7.22. The number of hydrogen-bond acceptors (Lipinski definition) is 3. The molecule has 1 aliphatic heterocycles. The van der Waals surface area contributed by atoms with E-state index in [2.05, 4.69) is 0 Å². The summed E-state index contributed by atoms with van der Waals surface area (Å²) in [6.45, 7) is 5.11. The van der Waals surface area contributed by atoms with Gasteiger partial charge in [-0.15, -0.1) is 0 Å². The summed E-state index contributed by atoms with van der Waals surface area (Å²) < 4.78 is 5.99. The zero-order valence-corrected chi connectivity index (χ0v) is 11.5. The largest absolute Gasteiger partial charge is 0.484 e. The number of carbonyl (C=O) groups excluding carboxylic acids is 1. The Labute approximate surface area is 113 Å². The SMILES string of the molecule is CC1(C)CN(C(=O)C2CC2)c2ccc(CN)cc2O1. The molecule has 0 radical (unpaired) electrons. The van der Waals surface area contributed by atoms with Crippen molar-refractivity contribution in [2.45, 2.75) is 38.8 Å². The van der Waals surface area contributed by atoms with E-state index in [9.17, 15) is 4.79 Å². The molecule has 1 saturated carbocycles. The Bertz CT molecular complexity index is 521. The predicted octanol–water partition coefficient (Wildman–Crippen LogP) is 2.06. The van der Waals surface area contributed by atoms with E-state index in [4.69, 9.17) is 10.5 Å². The smallest absolute Gasteiger partial charge is 0.230 e. The third-order valence-electron chi connectivity index (χ3n) is 3.67. The molecule has 0 saturated heterocycles. The molecule has 1 fully saturated rings. The number of benzene rings is 1. The highest BCUT2D eigenvalue weighted by Crippen LogP contribution is 2.41. The van der Waals surface area contributed by atoms with Gasteiger partial charge in [0.1, 0.15) is 11.4 Å². The first kappa shape index (κ1) is 12.5. The number of anilines is 1. The Morgan fingerprint density at radius 3 is 2.84 bits per heavy atom. The lowest BCUT2D eigenvalue weighted by Crippen LogP contribution is -2.49. The number of rotatable bonds is 2. The Morgan fingerprint density at radius 2 is 2.21 bits per heavy atom. The second-order valence-corrected chi connectivity index (χ2v) is 6.07. The Kier molecular flexibility index (Phi) is 2.78. The molecule has 0 aromatic heterocycles. The van der Waals surface area contributed by atoms with Gasteiger partial charge in [-0.3, -0.25) is 4.79 Å². The van der Waals surface area contributed by atoms with Gasteiger partial charge in [-0.25, -0.2) is 0 Å². The van der Waals surface area contributed by atoms with Crippen molar-refractivity contribution >= 4 is 11.6 Å². The van der Waals surface area contributed by atoms with E-state index >= 15 is 0 Å². The summed E-state index contributed by atoms with van der Waals surface area (Å²) >= 11 is 0. The fourth-order valence-corrected chi connectivity index (χ4v) is 2.53. The molecule has 102 valence electrons. The summed E-state index contributed by atoms with van der Waals surface area (Å²) in [7, 11) is 0. The van der Waals surface area contributed by atoms with Gasteiger partial charge in [0.15, 0.2) is 0 Å². The number of amides is 1. The van der Waals surface area contributed by atoms with Crippen LogP contribution in [-0.4, -0.2) is 18.1 Å². The second kappa shape index (κ2) is 4.23. The lowest BCUT2D eigenvalue weighted by atomic mass is 10.0. The quantitative estimate of drug-likeness (QED) is 0.885. The molecule has 3 rings (SSSR count). The lowest BCUT2D eigenvalue weighted by molar-refractivity contribution is -0.120. The maximum atomic E-state index is 12.4. The predicted molar refractivity (Wildman–Crippen MR) is 74.1 cm³/mol.